The fourth-order valence-corrected chi connectivity index (χ4v) is 3.76. The SMILES string of the molecule is Cc1ccc(-c2nc(-c3ccccc3)sc2/N=C(\N)c2ccc(F)cc2)cc1. The average Bonchev–Trinajstić information content (AvgIpc) is 3.13. The first-order valence-electron chi connectivity index (χ1n) is 8.83. The highest BCUT2D eigenvalue weighted by Gasteiger charge is 2.15. The number of halogens is 1. The van der Waals surface area contributed by atoms with Crippen molar-refractivity contribution in [1.82, 2.24) is 4.98 Å². The van der Waals surface area contributed by atoms with Gasteiger partial charge < -0.3 is 5.73 Å². The number of nitrogens with two attached hydrogens (primary N) is 1. The molecule has 3 aromatic carbocycles. The molecule has 138 valence electrons. The summed E-state index contributed by atoms with van der Waals surface area (Å²) in [7, 11) is 0. The number of nitrogens with zero attached hydrogens (tertiary/aromatic N) is 2. The van der Waals surface area contributed by atoms with Crippen molar-refractivity contribution in [2.24, 2.45) is 10.7 Å². The molecule has 0 aliphatic carbocycles. The highest BCUT2D eigenvalue weighted by Crippen LogP contribution is 2.40. The van der Waals surface area contributed by atoms with Crippen LogP contribution in [0.5, 0.6) is 0 Å². The predicted molar refractivity (Wildman–Crippen MR) is 115 cm³/mol. The maximum absolute atomic E-state index is 13.2. The molecule has 0 saturated heterocycles. The normalized spacial score (nSPS) is 11.6. The number of rotatable bonds is 4. The van der Waals surface area contributed by atoms with Gasteiger partial charge in [0.05, 0.1) is 0 Å². The highest BCUT2D eigenvalue weighted by atomic mass is 32.1. The van der Waals surface area contributed by atoms with Gasteiger partial charge in [0.1, 0.15) is 27.4 Å². The Morgan fingerprint density at radius 2 is 1.57 bits per heavy atom. The summed E-state index contributed by atoms with van der Waals surface area (Å²) in [5.41, 5.74) is 10.9. The molecule has 2 N–H and O–H groups in total. The Hall–Kier alpha value is -3.31. The van der Waals surface area contributed by atoms with Crippen LogP contribution in [0.1, 0.15) is 11.1 Å². The van der Waals surface area contributed by atoms with Crippen molar-refractivity contribution in [3.63, 3.8) is 0 Å². The number of hydrogen-bond donors (Lipinski definition) is 1. The molecule has 4 rings (SSSR count). The van der Waals surface area contributed by atoms with Gasteiger partial charge in [0, 0.05) is 16.7 Å². The molecule has 0 fully saturated rings. The minimum absolute atomic E-state index is 0.305. The quantitative estimate of drug-likeness (QED) is 0.347. The molecule has 1 heterocycles. The van der Waals surface area contributed by atoms with Crippen LogP contribution in [-0.4, -0.2) is 10.8 Å². The van der Waals surface area contributed by atoms with Crippen molar-refractivity contribution in [2.75, 3.05) is 0 Å². The molecule has 4 aromatic rings. The van der Waals surface area contributed by atoms with Crippen LogP contribution in [0.2, 0.25) is 0 Å². The lowest BCUT2D eigenvalue weighted by molar-refractivity contribution is 0.628. The molecule has 5 heteroatoms. The molecule has 0 saturated carbocycles. The summed E-state index contributed by atoms with van der Waals surface area (Å²) in [6.07, 6.45) is 0. The smallest absolute Gasteiger partial charge is 0.146 e. The van der Waals surface area contributed by atoms with Crippen molar-refractivity contribution in [3.8, 4) is 21.8 Å². The second-order valence-electron chi connectivity index (χ2n) is 6.41. The molecular weight excluding hydrogens is 369 g/mol. The molecule has 0 radical (unpaired) electrons. The van der Waals surface area contributed by atoms with E-state index in [1.807, 2.05) is 61.5 Å². The minimum Gasteiger partial charge on any atom is -0.383 e. The maximum atomic E-state index is 13.2. The van der Waals surface area contributed by atoms with Crippen LogP contribution in [-0.2, 0) is 0 Å². The highest BCUT2D eigenvalue weighted by molar-refractivity contribution is 7.19. The monoisotopic (exact) mass is 387 g/mol. The summed E-state index contributed by atoms with van der Waals surface area (Å²) in [6, 6.07) is 24.2. The van der Waals surface area contributed by atoms with Crippen molar-refractivity contribution in [3.05, 3.63) is 95.8 Å². The van der Waals surface area contributed by atoms with Crippen LogP contribution in [0.3, 0.4) is 0 Å². The van der Waals surface area contributed by atoms with Crippen LogP contribution in [0, 0.1) is 12.7 Å². The zero-order valence-corrected chi connectivity index (χ0v) is 16.1. The Morgan fingerprint density at radius 1 is 0.893 bits per heavy atom. The Morgan fingerprint density at radius 3 is 2.25 bits per heavy atom. The Bertz CT molecular complexity index is 1110. The van der Waals surface area contributed by atoms with Gasteiger partial charge >= 0.3 is 0 Å². The van der Waals surface area contributed by atoms with E-state index in [9.17, 15) is 4.39 Å². The number of thiazole rings is 1. The third-order valence-electron chi connectivity index (χ3n) is 4.32. The van der Waals surface area contributed by atoms with Gasteiger partial charge in [0.25, 0.3) is 0 Å². The number of amidine groups is 1. The van der Waals surface area contributed by atoms with Gasteiger partial charge in [-0.1, -0.05) is 71.5 Å². The van der Waals surface area contributed by atoms with E-state index in [0.717, 1.165) is 26.8 Å². The molecule has 0 unspecified atom stereocenters. The zero-order valence-electron chi connectivity index (χ0n) is 15.3. The molecule has 0 aliphatic rings. The third-order valence-corrected chi connectivity index (χ3v) is 5.32. The Labute approximate surface area is 167 Å². The number of aromatic nitrogens is 1. The minimum atomic E-state index is -0.305. The average molecular weight is 387 g/mol. The first-order chi connectivity index (χ1) is 13.6. The van der Waals surface area contributed by atoms with E-state index in [1.54, 1.807) is 12.1 Å². The molecule has 28 heavy (non-hydrogen) atoms. The van der Waals surface area contributed by atoms with Gasteiger partial charge in [-0.25, -0.2) is 14.4 Å². The zero-order chi connectivity index (χ0) is 19.5. The second-order valence-corrected chi connectivity index (χ2v) is 7.39. The van der Waals surface area contributed by atoms with Crippen LogP contribution >= 0.6 is 11.3 Å². The van der Waals surface area contributed by atoms with E-state index < -0.39 is 0 Å². The predicted octanol–water partition coefficient (Wildman–Crippen LogP) is 5.96. The van der Waals surface area contributed by atoms with Gasteiger partial charge in [-0.15, -0.1) is 0 Å². The fraction of sp³-hybridized carbons (Fsp3) is 0.0435. The van der Waals surface area contributed by atoms with E-state index in [-0.39, 0.29) is 5.82 Å². The van der Waals surface area contributed by atoms with Gasteiger partial charge in [0.15, 0.2) is 0 Å². The van der Waals surface area contributed by atoms with Crippen molar-refractivity contribution < 1.29 is 4.39 Å². The van der Waals surface area contributed by atoms with Crippen LogP contribution in [0.25, 0.3) is 21.8 Å². The van der Waals surface area contributed by atoms with E-state index >= 15 is 0 Å². The molecule has 3 nitrogen and oxygen atoms in total. The molecule has 0 spiro atoms. The number of hydrogen-bond acceptors (Lipinski definition) is 3. The van der Waals surface area contributed by atoms with Crippen LogP contribution in [0.4, 0.5) is 9.39 Å². The van der Waals surface area contributed by atoms with E-state index in [1.165, 1.54) is 29.0 Å². The van der Waals surface area contributed by atoms with E-state index in [0.29, 0.717) is 11.4 Å². The van der Waals surface area contributed by atoms with Crippen molar-refractivity contribution >= 4 is 22.2 Å². The summed E-state index contributed by atoms with van der Waals surface area (Å²) in [6.45, 7) is 2.05. The first-order valence-corrected chi connectivity index (χ1v) is 9.65. The second kappa shape index (κ2) is 7.74. The Balaban J connectivity index is 1.82. The lowest BCUT2D eigenvalue weighted by Crippen LogP contribution is -2.12. The largest absolute Gasteiger partial charge is 0.383 e. The number of benzene rings is 3. The summed E-state index contributed by atoms with van der Waals surface area (Å²) in [5, 5.41) is 1.60. The molecule has 1 aromatic heterocycles. The fourth-order valence-electron chi connectivity index (χ4n) is 2.79. The van der Waals surface area contributed by atoms with Crippen LogP contribution < -0.4 is 5.73 Å². The van der Waals surface area contributed by atoms with Gasteiger partial charge in [-0.05, 0) is 31.2 Å². The number of aryl methyl sites for hydroxylation is 1. The van der Waals surface area contributed by atoms with E-state index in [2.05, 4.69) is 4.99 Å². The summed E-state index contributed by atoms with van der Waals surface area (Å²) in [4.78, 5) is 9.47. The molecular formula is C23H18FN3S. The topological polar surface area (TPSA) is 51.3 Å². The first kappa shape index (κ1) is 18.1. The summed E-state index contributed by atoms with van der Waals surface area (Å²) in [5.74, 6) is 0.0256. The number of aliphatic imine (C=N–C) groups is 1. The Kier molecular flexibility index (Phi) is 5.00. The van der Waals surface area contributed by atoms with Gasteiger partial charge in [-0.2, -0.15) is 0 Å². The third kappa shape index (κ3) is 3.85. The van der Waals surface area contributed by atoms with E-state index in [4.69, 9.17) is 10.7 Å². The molecule has 0 aliphatic heterocycles. The molecule has 0 atom stereocenters. The lowest BCUT2D eigenvalue weighted by atomic mass is 10.1. The van der Waals surface area contributed by atoms with Crippen molar-refractivity contribution in [2.45, 2.75) is 6.92 Å². The summed E-state index contributed by atoms with van der Waals surface area (Å²) >= 11 is 1.49. The summed E-state index contributed by atoms with van der Waals surface area (Å²) < 4.78 is 13.2. The van der Waals surface area contributed by atoms with Gasteiger partial charge in [-0.3, -0.25) is 0 Å². The van der Waals surface area contributed by atoms with Crippen LogP contribution in [0.15, 0.2) is 83.9 Å². The standard InChI is InChI=1S/C23H18FN3S/c1-15-7-9-16(10-8-15)20-23(27-21(25)17-11-13-19(24)14-12-17)28-22(26-20)18-5-3-2-4-6-18/h2-14H,1H3,(H2,25,27). The molecule has 0 bridgehead atoms. The molecule has 0 amide bonds. The van der Waals surface area contributed by atoms with Crippen molar-refractivity contribution in [1.29, 1.82) is 0 Å². The van der Waals surface area contributed by atoms with Gasteiger partial charge in [0.2, 0.25) is 0 Å². The lowest BCUT2D eigenvalue weighted by Gasteiger charge is -2.02. The maximum Gasteiger partial charge on any atom is 0.146 e.